The third-order valence-electron chi connectivity index (χ3n) is 3.51. The number of rotatable bonds is 5. The average Bonchev–Trinajstić information content (AvgIpc) is 3.02. The molecule has 0 fully saturated rings. The lowest BCUT2D eigenvalue weighted by molar-refractivity contribution is 0.256. The summed E-state index contributed by atoms with van der Waals surface area (Å²) in [5.74, 6) is 6.16. The van der Waals surface area contributed by atoms with Crippen molar-refractivity contribution >= 4 is 11.3 Å². The van der Waals surface area contributed by atoms with E-state index in [9.17, 15) is 0 Å². The van der Waals surface area contributed by atoms with E-state index in [1.807, 2.05) is 12.1 Å². The van der Waals surface area contributed by atoms with Crippen LogP contribution in [0, 0.1) is 11.8 Å². The molecule has 0 radical (unpaired) electrons. The van der Waals surface area contributed by atoms with Crippen molar-refractivity contribution in [1.82, 2.24) is 4.90 Å². The molecule has 0 saturated carbocycles. The number of benzene rings is 1. The fourth-order valence-electron chi connectivity index (χ4n) is 2.15. The van der Waals surface area contributed by atoms with Gasteiger partial charge in [-0.15, -0.1) is 11.3 Å². The van der Waals surface area contributed by atoms with E-state index in [1.165, 1.54) is 10.4 Å². The lowest BCUT2D eigenvalue weighted by Gasteiger charge is -2.24. The van der Waals surface area contributed by atoms with Gasteiger partial charge < -0.3 is 5.11 Å². The minimum absolute atomic E-state index is 0.116. The van der Waals surface area contributed by atoms with Crippen molar-refractivity contribution in [3.63, 3.8) is 0 Å². The molecular weight excluding hydrogens is 278 g/mol. The van der Waals surface area contributed by atoms with Crippen LogP contribution in [0.5, 0.6) is 0 Å². The second-order valence-electron chi connectivity index (χ2n) is 5.04. The van der Waals surface area contributed by atoms with Gasteiger partial charge in [0.2, 0.25) is 0 Å². The Morgan fingerprint density at radius 1 is 1.24 bits per heavy atom. The zero-order valence-electron chi connectivity index (χ0n) is 12.5. The Morgan fingerprint density at radius 3 is 2.76 bits per heavy atom. The number of nitrogens with zero attached hydrogens (tertiary/aromatic N) is 1. The van der Waals surface area contributed by atoms with Crippen LogP contribution in [0.1, 0.15) is 35.4 Å². The van der Waals surface area contributed by atoms with Crippen molar-refractivity contribution in [3.05, 3.63) is 57.8 Å². The molecule has 1 aromatic heterocycles. The third kappa shape index (κ3) is 4.44. The Labute approximate surface area is 131 Å². The van der Waals surface area contributed by atoms with Gasteiger partial charge in [-0.1, -0.05) is 36.1 Å². The van der Waals surface area contributed by atoms with Gasteiger partial charge in [-0.25, -0.2) is 0 Å². The van der Waals surface area contributed by atoms with Crippen molar-refractivity contribution in [2.24, 2.45) is 0 Å². The molecule has 1 atom stereocenters. The topological polar surface area (TPSA) is 23.5 Å². The van der Waals surface area contributed by atoms with Crippen LogP contribution < -0.4 is 0 Å². The van der Waals surface area contributed by atoms with E-state index in [4.69, 9.17) is 5.11 Å². The Kier molecular flexibility index (Phi) is 6.01. The summed E-state index contributed by atoms with van der Waals surface area (Å²) < 4.78 is 0. The van der Waals surface area contributed by atoms with Crippen LogP contribution in [0.15, 0.2) is 41.8 Å². The summed E-state index contributed by atoms with van der Waals surface area (Å²) in [5, 5.41) is 10.9. The van der Waals surface area contributed by atoms with Gasteiger partial charge in [0, 0.05) is 29.4 Å². The third-order valence-corrected chi connectivity index (χ3v) is 4.56. The molecule has 0 aliphatic rings. The number of hydrogen-bond acceptors (Lipinski definition) is 3. The van der Waals surface area contributed by atoms with Crippen LogP contribution in [0.25, 0.3) is 0 Å². The van der Waals surface area contributed by atoms with Gasteiger partial charge in [0.15, 0.2) is 0 Å². The van der Waals surface area contributed by atoms with E-state index in [2.05, 4.69) is 60.4 Å². The molecule has 0 aliphatic carbocycles. The Bertz CT molecular complexity index is 610. The maximum absolute atomic E-state index is 8.83. The minimum atomic E-state index is 0.116. The molecule has 2 nitrogen and oxygen atoms in total. The van der Waals surface area contributed by atoms with Crippen LogP contribution >= 0.6 is 11.3 Å². The molecule has 2 rings (SSSR count). The molecule has 0 bridgehead atoms. The van der Waals surface area contributed by atoms with Crippen LogP contribution in [-0.4, -0.2) is 23.7 Å². The van der Waals surface area contributed by atoms with E-state index < -0.39 is 0 Å². The molecule has 1 unspecified atom stereocenters. The summed E-state index contributed by atoms with van der Waals surface area (Å²) in [6, 6.07) is 12.9. The Balaban J connectivity index is 2.10. The van der Waals surface area contributed by atoms with Gasteiger partial charge in [-0.3, -0.25) is 4.90 Å². The van der Waals surface area contributed by atoms with Crippen molar-refractivity contribution in [3.8, 4) is 11.8 Å². The summed E-state index contributed by atoms with van der Waals surface area (Å²) in [5.41, 5.74) is 2.28. The maximum atomic E-state index is 8.83. The van der Waals surface area contributed by atoms with Crippen LogP contribution in [0.4, 0.5) is 0 Å². The van der Waals surface area contributed by atoms with Crippen molar-refractivity contribution in [2.45, 2.75) is 25.9 Å². The molecule has 1 heterocycles. The summed E-state index contributed by atoms with van der Waals surface area (Å²) in [7, 11) is 2.14. The van der Waals surface area contributed by atoms with E-state index in [0.717, 1.165) is 12.1 Å². The van der Waals surface area contributed by atoms with E-state index >= 15 is 0 Å². The van der Waals surface area contributed by atoms with Gasteiger partial charge in [0.25, 0.3) is 0 Å². The first-order chi connectivity index (χ1) is 10.2. The van der Waals surface area contributed by atoms with Crippen molar-refractivity contribution in [1.29, 1.82) is 0 Å². The van der Waals surface area contributed by atoms with Crippen molar-refractivity contribution < 1.29 is 5.11 Å². The second-order valence-corrected chi connectivity index (χ2v) is 6.02. The van der Waals surface area contributed by atoms with Crippen LogP contribution in [0.2, 0.25) is 0 Å². The first kappa shape index (κ1) is 15.8. The molecule has 0 saturated heterocycles. The van der Waals surface area contributed by atoms with Crippen LogP contribution in [0.3, 0.4) is 0 Å². The summed E-state index contributed by atoms with van der Waals surface area (Å²) in [6.07, 6.45) is 0.524. The predicted octanol–water partition coefficient (Wildman–Crippen LogP) is 3.68. The standard InChI is InChI=1S/C18H21NOS/c1-15(18-11-7-13-21-18)19(2)14-17-10-4-3-8-16(17)9-5-6-12-20/h3-4,7-8,10-11,13,15,20H,6,12,14H2,1-2H3. The number of thiophene rings is 1. The van der Waals surface area contributed by atoms with Gasteiger partial charge >= 0.3 is 0 Å². The average molecular weight is 299 g/mol. The molecule has 3 heteroatoms. The molecule has 21 heavy (non-hydrogen) atoms. The molecule has 1 N–H and O–H groups in total. The zero-order valence-corrected chi connectivity index (χ0v) is 13.4. The maximum Gasteiger partial charge on any atom is 0.0540 e. The normalized spacial score (nSPS) is 12.0. The van der Waals surface area contributed by atoms with Crippen molar-refractivity contribution in [2.75, 3.05) is 13.7 Å². The predicted molar refractivity (Wildman–Crippen MR) is 89.2 cm³/mol. The van der Waals surface area contributed by atoms with E-state index in [-0.39, 0.29) is 6.61 Å². The molecular formula is C18H21NOS. The highest BCUT2D eigenvalue weighted by Gasteiger charge is 2.13. The molecule has 1 aromatic carbocycles. The second kappa shape index (κ2) is 7.99. The molecule has 0 spiro atoms. The lowest BCUT2D eigenvalue weighted by atomic mass is 10.1. The quantitative estimate of drug-likeness (QED) is 0.851. The monoisotopic (exact) mass is 299 g/mol. The molecule has 2 aromatic rings. The van der Waals surface area contributed by atoms with Gasteiger partial charge in [0.05, 0.1) is 6.61 Å². The van der Waals surface area contributed by atoms with Gasteiger partial charge in [0.1, 0.15) is 0 Å². The van der Waals surface area contributed by atoms with Gasteiger partial charge in [-0.05, 0) is 37.0 Å². The molecule has 110 valence electrons. The highest BCUT2D eigenvalue weighted by atomic mass is 32.1. The number of aliphatic hydroxyl groups is 1. The highest BCUT2D eigenvalue weighted by molar-refractivity contribution is 7.10. The first-order valence-corrected chi connectivity index (χ1v) is 8.01. The number of aliphatic hydroxyl groups excluding tert-OH is 1. The summed E-state index contributed by atoms with van der Waals surface area (Å²) >= 11 is 1.79. The summed E-state index contributed by atoms with van der Waals surface area (Å²) in [6.45, 7) is 3.21. The van der Waals surface area contributed by atoms with E-state index in [0.29, 0.717) is 12.5 Å². The summed E-state index contributed by atoms with van der Waals surface area (Å²) in [4.78, 5) is 3.71. The Hall–Kier alpha value is -1.60. The fraction of sp³-hybridized carbons (Fsp3) is 0.333. The minimum Gasteiger partial charge on any atom is -0.395 e. The van der Waals surface area contributed by atoms with Crippen LogP contribution in [-0.2, 0) is 6.54 Å². The van der Waals surface area contributed by atoms with Gasteiger partial charge in [-0.2, -0.15) is 0 Å². The first-order valence-electron chi connectivity index (χ1n) is 7.13. The lowest BCUT2D eigenvalue weighted by Crippen LogP contribution is -2.21. The SMILES string of the molecule is CC(c1cccs1)N(C)Cc1ccccc1C#CCCO. The molecule has 0 amide bonds. The zero-order chi connectivity index (χ0) is 15.1. The fourth-order valence-corrected chi connectivity index (χ4v) is 2.99. The Morgan fingerprint density at radius 2 is 2.05 bits per heavy atom. The van der Waals surface area contributed by atoms with E-state index in [1.54, 1.807) is 11.3 Å². The smallest absolute Gasteiger partial charge is 0.0540 e. The number of hydrogen-bond donors (Lipinski definition) is 1. The highest BCUT2D eigenvalue weighted by Crippen LogP contribution is 2.25. The molecule has 0 aliphatic heterocycles. The largest absolute Gasteiger partial charge is 0.395 e.